The van der Waals surface area contributed by atoms with E-state index >= 15 is 0 Å². The second-order valence-electron chi connectivity index (χ2n) is 5.01. The molecule has 3 atom stereocenters. The Labute approximate surface area is 103 Å². The van der Waals surface area contributed by atoms with Gasteiger partial charge in [0.1, 0.15) is 5.78 Å². The van der Waals surface area contributed by atoms with Crippen molar-refractivity contribution in [3.8, 4) is 0 Å². The Morgan fingerprint density at radius 2 is 1.88 bits per heavy atom. The number of aliphatic hydroxyl groups is 1. The van der Waals surface area contributed by atoms with E-state index in [4.69, 9.17) is 0 Å². The standard InChI is InChI=1S/C15H20O2/c1-11(16)15(12-7-3-2-4-8-12)13-9-5-6-10-14(13)17/h2-4,7-8,13-15,17H,5-6,9-10H2,1H3. The maximum atomic E-state index is 11.9. The fourth-order valence-electron chi connectivity index (χ4n) is 2.97. The van der Waals surface area contributed by atoms with Crippen LogP contribution < -0.4 is 0 Å². The molecular formula is C15H20O2. The van der Waals surface area contributed by atoms with Crippen molar-refractivity contribution in [2.75, 3.05) is 0 Å². The highest BCUT2D eigenvalue weighted by atomic mass is 16.3. The van der Waals surface area contributed by atoms with Gasteiger partial charge in [0.15, 0.2) is 0 Å². The number of carbonyl (C=O) groups excluding carboxylic acids is 1. The van der Waals surface area contributed by atoms with Gasteiger partial charge in [-0.25, -0.2) is 0 Å². The smallest absolute Gasteiger partial charge is 0.137 e. The minimum atomic E-state index is -0.321. The Bertz CT molecular complexity index is 372. The summed E-state index contributed by atoms with van der Waals surface area (Å²) in [7, 11) is 0. The molecule has 1 aromatic carbocycles. The van der Waals surface area contributed by atoms with Crippen molar-refractivity contribution in [2.45, 2.75) is 44.6 Å². The third-order valence-electron chi connectivity index (χ3n) is 3.81. The van der Waals surface area contributed by atoms with Crippen LogP contribution in [0.25, 0.3) is 0 Å². The molecule has 1 saturated carbocycles. The zero-order valence-electron chi connectivity index (χ0n) is 10.3. The second-order valence-corrected chi connectivity index (χ2v) is 5.01. The first-order valence-electron chi connectivity index (χ1n) is 6.43. The lowest BCUT2D eigenvalue weighted by atomic mass is 9.73. The van der Waals surface area contributed by atoms with Gasteiger partial charge in [-0.3, -0.25) is 4.79 Å². The Hall–Kier alpha value is -1.15. The van der Waals surface area contributed by atoms with Crippen molar-refractivity contribution < 1.29 is 9.90 Å². The van der Waals surface area contributed by atoms with Crippen LogP contribution >= 0.6 is 0 Å². The number of rotatable bonds is 3. The van der Waals surface area contributed by atoms with Crippen LogP contribution in [0.15, 0.2) is 30.3 Å². The van der Waals surface area contributed by atoms with E-state index in [0.717, 1.165) is 31.2 Å². The summed E-state index contributed by atoms with van der Waals surface area (Å²) in [6.07, 6.45) is 3.68. The molecule has 0 heterocycles. The molecule has 0 amide bonds. The van der Waals surface area contributed by atoms with E-state index in [9.17, 15) is 9.90 Å². The lowest BCUT2D eigenvalue weighted by molar-refractivity contribution is -0.121. The Morgan fingerprint density at radius 1 is 1.24 bits per heavy atom. The summed E-state index contributed by atoms with van der Waals surface area (Å²) in [5, 5.41) is 10.1. The number of hydrogen-bond acceptors (Lipinski definition) is 2. The molecule has 2 nitrogen and oxygen atoms in total. The molecule has 3 unspecified atom stereocenters. The van der Waals surface area contributed by atoms with Gasteiger partial charge >= 0.3 is 0 Å². The molecule has 1 aromatic rings. The molecule has 0 radical (unpaired) electrons. The molecular weight excluding hydrogens is 212 g/mol. The molecule has 1 fully saturated rings. The number of carbonyl (C=O) groups is 1. The van der Waals surface area contributed by atoms with Gasteiger partial charge in [-0.05, 0) is 31.2 Å². The largest absolute Gasteiger partial charge is 0.393 e. The van der Waals surface area contributed by atoms with E-state index in [1.54, 1.807) is 6.92 Å². The van der Waals surface area contributed by atoms with Crippen molar-refractivity contribution in [2.24, 2.45) is 5.92 Å². The maximum Gasteiger partial charge on any atom is 0.137 e. The molecule has 2 rings (SSSR count). The molecule has 0 saturated heterocycles. The zero-order chi connectivity index (χ0) is 12.3. The van der Waals surface area contributed by atoms with E-state index in [2.05, 4.69) is 0 Å². The highest BCUT2D eigenvalue weighted by Crippen LogP contribution is 2.36. The Balaban J connectivity index is 2.26. The molecule has 2 heteroatoms. The van der Waals surface area contributed by atoms with E-state index < -0.39 is 0 Å². The predicted molar refractivity (Wildman–Crippen MR) is 67.8 cm³/mol. The van der Waals surface area contributed by atoms with Crippen molar-refractivity contribution in [3.63, 3.8) is 0 Å². The average Bonchev–Trinajstić information content (AvgIpc) is 2.33. The number of benzene rings is 1. The lowest BCUT2D eigenvalue weighted by Crippen LogP contribution is -2.33. The summed E-state index contributed by atoms with van der Waals surface area (Å²) in [6.45, 7) is 1.64. The van der Waals surface area contributed by atoms with Gasteiger partial charge in [-0.1, -0.05) is 43.2 Å². The fourth-order valence-corrected chi connectivity index (χ4v) is 2.97. The van der Waals surface area contributed by atoms with E-state index in [1.165, 1.54) is 0 Å². The van der Waals surface area contributed by atoms with E-state index in [1.807, 2.05) is 30.3 Å². The minimum absolute atomic E-state index is 0.101. The summed E-state index contributed by atoms with van der Waals surface area (Å²) in [6, 6.07) is 9.86. The van der Waals surface area contributed by atoms with E-state index in [0.29, 0.717) is 0 Å². The topological polar surface area (TPSA) is 37.3 Å². The number of aliphatic hydroxyl groups excluding tert-OH is 1. The normalized spacial score (nSPS) is 26.5. The van der Waals surface area contributed by atoms with Gasteiger partial charge in [0.2, 0.25) is 0 Å². The third kappa shape index (κ3) is 2.75. The quantitative estimate of drug-likeness (QED) is 0.870. The van der Waals surface area contributed by atoms with Crippen LogP contribution in [0.1, 0.15) is 44.1 Å². The SMILES string of the molecule is CC(=O)C(c1ccccc1)C1CCCCC1O. The summed E-state index contributed by atoms with van der Waals surface area (Å²) >= 11 is 0. The van der Waals surface area contributed by atoms with Gasteiger partial charge in [0.05, 0.1) is 6.10 Å². The van der Waals surface area contributed by atoms with Crippen LogP contribution in [0.4, 0.5) is 0 Å². The van der Waals surface area contributed by atoms with Gasteiger partial charge in [-0.15, -0.1) is 0 Å². The molecule has 1 aliphatic rings. The molecule has 0 aliphatic heterocycles. The van der Waals surface area contributed by atoms with Crippen LogP contribution in [-0.2, 0) is 4.79 Å². The predicted octanol–water partition coefficient (Wildman–Crippen LogP) is 2.91. The van der Waals surface area contributed by atoms with Crippen LogP contribution in [0, 0.1) is 5.92 Å². The first-order valence-corrected chi connectivity index (χ1v) is 6.43. The monoisotopic (exact) mass is 232 g/mol. The minimum Gasteiger partial charge on any atom is -0.393 e. The van der Waals surface area contributed by atoms with Gasteiger partial charge in [0, 0.05) is 5.92 Å². The lowest BCUT2D eigenvalue weighted by Gasteiger charge is -2.33. The number of hydrogen-bond donors (Lipinski definition) is 1. The second kappa shape index (κ2) is 5.46. The molecule has 92 valence electrons. The highest BCUT2D eigenvalue weighted by Gasteiger charge is 2.34. The molecule has 17 heavy (non-hydrogen) atoms. The van der Waals surface area contributed by atoms with Crippen molar-refractivity contribution in [1.82, 2.24) is 0 Å². The fraction of sp³-hybridized carbons (Fsp3) is 0.533. The third-order valence-corrected chi connectivity index (χ3v) is 3.81. The average molecular weight is 232 g/mol. The maximum absolute atomic E-state index is 11.9. The van der Waals surface area contributed by atoms with Crippen LogP contribution in [0.3, 0.4) is 0 Å². The first-order chi connectivity index (χ1) is 8.20. The van der Waals surface area contributed by atoms with Gasteiger partial charge < -0.3 is 5.11 Å². The van der Waals surface area contributed by atoms with Gasteiger partial charge in [0.25, 0.3) is 0 Å². The van der Waals surface area contributed by atoms with Crippen molar-refractivity contribution >= 4 is 5.78 Å². The number of ketones is 1. The van der Waals surface area contributed by atoms with E-state index in [-0.39, 0.29) is 23.7 Å². The van der Waals surface area contributed by atoms with Crippen molar-refractivity contribution in [3.05, 3.63) is 35.9 Å². The Morgan fingerprint density at radius 3 is 2.47 bits per heavy atom. The zero-order valence-corrected chi connectivity index (χ0v) is 10.3. The summed E-state index contributed by atoms with van der Waals surface area (Å²) < 4.78 is 0. The Kier molecular flexibility index (Phi) is 3.95. The number of Topliss-reactive ketones (excluding diaryl/α,β-unsaturated/α-hetero) is 1. The van der Waals surface area contributed by atoms with Crippen LogP contribution in [0.5, 0.6) is 0 Å². The summed E-state index contributed by atoms with van der Waals surface area (Å²) in [5.41, 5.74) is 1.05. The van der Waals surface area contributed by atoms with Crippen LogP contribution in [0.2, 0.25) is 0 Å². The summed E-state index contributed by atoms with van der Waals surface area (Å²) in [5.74, 6) is 0.136. The molecule has 0 aromatic heterocycles. The highest BCUT2D eigenvalue weighted by molar-refractivity contribution is 5.83. The molecule has 0 bridgehead atoms. The van der Waals surface area contributed by atoms with Crippen LogP contribution in [-0.4, -0.2) is 17.0 Å². The summed E-state index contributed by atoms with van der Waals surface area (Å²) in [4.78, 5) is 11.9. The first kappa shape index (κ1) is 12.3. The van der Waals surface area contributed by atoms with Gasteiger partial charge in [-0.2, -0.15) is 0 Å². The molecule has 0 spiro atoms. The molecule has 1 N–H and O–H groups in total. The molecule has 1 aliphatic carbocycles. The van der Waals surface area contributed by atoms with Crippen molar-refractivity contribution in [1.29, 1.82) is 0 Å².